The number of hydrogen-bond donors (Lipinski definition) is 0. The van der Waals surface area contributed by atoms with Crippen LogP contribution < -0.4 is 4.90 Å². The van der Waals surface area contributed by atoms with Crippen molar-refractivity contribution in [2.24, 2.45) is 0 Å². The van der Waals surface area contributed by atoms with Gasteiger partial charge in [-0.2, -0.15) is 4.31 Å². The molecule has 0 radical (unpaired) electrons. The number of hydrogen-bond acceptors (Lipinski definition) is 5. The first-order chi connectivity index (χ1) is 17.2. The van der Waals surface area contributed by atoms with Crippen LogP contribution in [-0.4, -0.2) is 86.8 Å². The van der Waals surface area contributed by atoms with Gasteiger partial charge in [0.1, 0.15) is 6.04 Å². The maximum absolute atomic E-state index is 13.8. The molecule has 0 spiro atoms. The van der Waals surface area contributed by atoms with Crippen LogP contribution in [0, 0.1) is 13.8 Å². The third kappa shape index (κ3) is 5.88. The molecule has 196 valence electrons. The first-order valence-corrected chi connectivity index (χ1v) is 14.6. The molecule has 2 fully saturated rings. The number of aryl methyl sites for hydroxylation is 2. The second-order valence-corrected chi connectivity index (χ2v) is 12.2. The SMILES string of the molecule is CCCCN1CCN(S(=O)(=O)c2cccc(Cl)c2)CC1C(=O)N1CCN(c2cc(C)ccc2C)CC1. The zero-order chi connectivity index (χ0) is 25.9. The fraction of sp³-hybridized carbons (Fsp3) is 0.519. The lowest BCUT2D eigenvalue weighted by atomic mass is 10.1. The van der Waals surface area contributed by atoms with Gasteiger partial charge in [-0.3, -0.25) is 9.69 Å². The summed E-state index contributed by atoms with van der Waals surface area (Å²) >= 11 is 6.07. The molecule has 9 heteroatoms. The van der Waals surface area contributed by atoms with Crippen molar-refractivity contribution in [2.75, 3.05) is 57.3 Å². The van der Waals surface area contributed by atoms with Gasteiger partial charge in [-0.15, -0.1) is 0 Å². The van der Waals surface area contributed by atoms with E-state index in [1.165, 1.54) is 27.2 Å². The monoisotopic (exact) mass is 532 g/mol. The Morgan fingerprint density at radius 1 is 1.00 bits per heavy atom. The van der Waals surface area contributed by atoms with Crippen LogP contribution in [0.25, 0.3) is 0 Å². The number of halogens is 1. The van der Waals surface area contributed by atoms with Crippen LogP contribution in [-0.2, 0) is 14.8 Å². The summed E-state index contributed by atoms with van der Waals surface area (Å²) in [5, 5.41) is 0.381. The summed E-state index contributed by atoms with van der Waals surface area (Å²) in [6.07, 6.45) is 2.00. The number of rotatable bonds is 7. The molecule has 2 heterocycles. The molecule has 0 aromatic heterocycles. The number of amides is 1. The van der Waals surface area contributed by atoms with E-state index in [0.717, 1.165) is 32.5 Å². The van der Waals surface area contributed by atoms with E-state index in [9.17, 15) is 13.2 Å². The lowest BCUT2D eigenvalue weighted by Crippen LogP contribution is -2.62. The van der Waals surface area contributed by atoms with Crippen LogP contribution in [0.3, 0.4) is 0 Å². The van der Waals surface area contributed by atoms with Gasteiger partial charge in [-0.05, 0) is 62.2 Å². The molecule has 1 unspecified atom stereocenters. The molecule has 2 aromatic carbocycles. The first-order valence-electron chi connectivity index (χ1n) is 12.8. The lowest BCUT2D eigenvalue weighted by molar-refractivity contribution is -0.139. The van der Waals surface area contributed by atoms with Crippen molar-refractivity contribution in [3.63, 3.8) is 0 Å². The van der Waals surface area contributed by atoms with Gasteiger partial charge >= 0.3 is 0 Å². The standard InChI is InChI=1S/C27H37ClN4O3S/c1-4-5-11-29-16-17-32(36(34,35)24-8-6-7-23(28)19-24)20-26(29)27(33)31-14-12-30(13-15-31)25-18-21(2)9-10-22(25)3/h6-10,18-19,26H,4-5,11-17,20H2,1-3H3. The number of piperazine rings is 2. The predicted octanol–water partition coefficient (Wildman–Crippen LogP) is 3.78. The summed E-state index contributed by atoms with van der Waals surface area (Å²) in [4.78, 5) is 20.4. The van der Waals surface area contributed by atoms with Gasteiger partial charge in [0.2, 0.25) is 15.9 Å². The van der Waals surface area contributed by atoms with Gasteiger partial charge in [0.15, 0.2) is 0 Å². The van der Waals surface area contributed by atoms with E-state index < -0.39 is 16.1 Å². The van der Waals surface area contributed by atoms with Crippen molar-refractivity contribution in [1.82, 2.24) is 14.1 Å². The van der Waals surface area contributed by atoms with Crippen LogP contribution >= 0.6 is 11.6 Å². The molecule has 7 nitrogen and oxygen atoms in total. The number of nitrogens with zero attached hydrogens (tertiary/aromatic N) is 4. The number of unbranched alkanes of at least 4 members (excludes halogenated alkanes) is 1. The highest BCUT2D eigenvalue weighted by Crippen LogP contribution is 2.26. The van der Waals surface area contributed by atoms with Gasteiger partial charge in [-0.25, -0.2) is 8.42 Å². The van der Waals surface area contributed by atoms with E-state index in [1.807, 2.05) is 4.90 Å². The first kappa shape index (κ1) is 26.9. The summed E-state index contributed by atoms with van der Waals surface area (Å²) < 4.78 is 28.2. The third-order valence-electron chi connectivity index (χ3n) is 7.27. The lowest BCUT2D eigenvalue weighted by Gasteiger charge is -2.44. The molecule has 0 saturated carbocycles. The van der Waals surface area contributed by atoms with Crippen LogP contribution in [0.15, 0.2) is 47.4 Å². The summed E-state index contributed by atoms with van der Waals surface area (Å²) in [7, 11) is -3.74. The van der Waals surface area contributed by atoms with Crippen molar-refractivity contribution < 1.29 is 13.2 Å². The number of sulfonamides is 1. The van der Waals surface area contributed by atoms with Gasteiger partial charge in [0.25, 0.3) is 0 Å². The molecule has 0 aliphatic carbocycles. The topological polar surface area (TPSA) is 64.2 Å². The molecule has 4 rings (SSSR count). The fourth-order valence-electron chi connectivity index (χ4n) is 5.09. The quantitative estimate of drug-likeness (QED) is 0.543. The number of carbonyl (C=O) groups is 1. The summed E-state index contributed by atoms with van der Waals surface area (Å²) in [5.74, 6) is 0.0257. The second kappa shape index (κ2) is 11.5. The number of benzene rings is 2. The molecular formula is C27H37ClN4O3S. The average Bonchev–Trinajstić information content (AvgIpc) is 2.88. The highest BCUT2D eigenvalue weighted by Gasteiger charge is 2.39. The zero-order valence-corrected chi connectivity index (χ0v) is 23.1. The third-order valence-corrected chi connectivity index (χ3v) is 9.36. The Labute approximate surface area is 220 Å². The van der Waals surface area contributed by atoms with Crippen LogP contribution in [0.2, 0.25) is 5.02 Å². The van der Waals surface area contributed by atoms with Crippen molar-refractivity contribution >= 4 is 33.2 Å². The Kier molecular flexibility index (Phi) is 8.60. The summed E-state index contributed by atoms with van der Waals surface area (Å²) in [5.41, 5.74) is 3.69. The van der Waals surface area contributed by atoms with E-state index in [2.05, 4.69) is 48.8 Å². The van der Waals surface area contributed by atoms with Gasteiger partial charge in [-0.1, -0.05) is 43.1 Å². The van der Waals surface area contributed by atoms with Crippen LogP contribution in [0.1, 0.15) is 30.9 Å². The highest BCUT2D eigenvalue weighted by atomic mass is 35.5. The molecule has 2 aliphatic heterocycles. The molecule has 2 aromatic rings. The maximum Gasteiger partial charge on any atom is 0.243 e. The van der Waals surface area contributed by atoms with Gasteiger partial charge < -0.3 is 9.80 Å². The van der Waals surface area contributed by atoms with E-state index in [-0.39, 0.29) is 17.3 Å². The van der Waals surface area contributed by atoms with Crippen molar-refractivity contribution in [1.29, 1.82) is 0 Å². The van der Waals surface area contributed by atoms with Crippen molar-refractivity contribution in [2.45, 2.75) is 44.6 Å². The molecule has 2 aliphatic rings. The molecule has 0 N–H and O–H groups in total. The minimum absolute atomic E-state index is 0.0257. The van der Waals surface area contributed by atoms with E-state index in [0.29, 0.717) is 31.2 Å². The molecule has 1 amide bonds. The Morgan fingerprint density at radius 3 is 2.44 bits per heavy atom. The largest absolute Gasteiger partial charge is 0.368 e. The molecule has 0 bridgehead atoms. The molecule has 1 atom stereocenters. The van der Waals surface area contributed by atoms with E-state index in [1.54, 1.807) is 18.2 Å². The predicted molar refractivity (Wildman–Crippen MR) is 145 cm³/mol. The Hall–Kier alpha value is -2.13. The fourth-order valence-corrected chi connectivity index (χ4v) is 6.83. The Bertz CT molecular complexity index is 1180. The maximum atomic E-state index is 13.8. The van der Waals surface area contributed by atoms with Gasteiger partial charge in [0.05, 0.1) is 4.90 Å². The molecular weight excluding hydrogens is 496 g/mol. The zero-order valence-electron chi connectivity index (χ0n) is 21.5. The normalized spacial score (nSPS) is 20.1. The van der Waals surface area contributed by atoms with Crippen LogP contribution in [0.5, 0.6) is 0 Å². The summed E-state index contributed by atoms with van der Waals surface area (Å²) in [6.45, 7) is 11.0. The minimum atomic E-state index is -3.74. The van der Waals surface area contributed by atoms with Crippen LogP contribution in [0.4, 0.5) is 5.69 Å². The van der Waals surface area contributed by atoms with E-state index >= 15 is 0 Å². The molecule has 36 heavy (non-hydrogen) atoms. The smallest absolute Gasteiger partial charge is 0.243 e. The van der Waals surface area contributed by atoms with Gasteiger partial charge in [0, 0.05) is 56.5 Å². The number of anilines is 1. The minimum Gasteiger partial charge on any atom is -0.368 e. The second-order valence-electron chi connectivity index (χ2n) is 9.83. The highest BCUT2D eigenvalue weighted by molar-refractivity contribution is 7.89. The van der Waals surface area contributed by atoms with Crippen molar-refractivity contribution in [3.8, 4) is 0 Å². The average molecular weight is 533 g/mol. The van der Waals surface area contributed by atoms with E-state index in [4.69, 9.17) is 11.6 Å². The Morgan fingerprint density at radius 2 is 1.75 bits per heavy atom. The van der Waals surface area contributed by atoms with Crippen molar-refractivity contribution in [3.05, 3.63) is 58.6 Å². The Balaban J connectivity index is 1.49. The number of carbonyl (C=O) groups excluding carboxylic acids is 1. The molecule has 2 saturated heterocycles. The summed E-state index contributed by atoms with van der Waals surface area (Å²) in [6, 6.07) is 12.3.